The third-order valence-electron chi connectivity index (χ3n) is 3.18. The highest BCUT2D eigenvalue weighted by atomic mass is 79.9. The van der Waals surface area contributed by atoms with Crippen molar-refractivity contribution in [2.75, 3.05) is 51.3 Å². The van der Waals surface area contributed by atoms with E-state index in [1.807, 2.05) is 0 Å². The van der Waals surface area contributed by atoms with Crippen molar-refractivity contribution in [3.05, 3.63) is 28.7 Å². The SMILES string of the molecule is COCCN1CCN(c2ccc(Br)cc2)CC1. The van der Waals surface area contributed by atoms with Gasteiger partial charge in [-0.25, -0.2) is 0 Å². The first-order valence-corrected chi connectivity index (χ1v) is 6.81. The van der Waals surface area contributed by atoms with Crippen LogP contribution < -0.4 is 4.90 Å². The molecule has 0 aliphatic carbocycles. The average molecular weight is 299 g/mol. The van der Waals surface area contributed by atoms with Crippen LogP contribution in [0.2, 0.25) is 0 Å². The number of hydrogen-bond donors (Lipinski definition) is 0. The molecule has 0 N–H and O–H groups in total. The average Bonchev–Trinajstić information content (AvgIpc) is 2.38. The summed E-state index contributed by atoms with van der Waals surface area (Å²) in [6.07, 6.45) is 0. The second-order valence-electron chi connectivity index (χ2n) is 4.30. The zero-order valence-corrected chi connectivity index (χ0v) is 11.8. The van der Waals surface area contributed by atoms with E-state index in [0.717, 1.165) is 43.8 Å². The second-order valence-corrected chi connectivity index (χ2v) is 5.21. The summed E-state index contributed by atoms with van der Waals surface area (Å²) in [5.74, 6) is 0. The zero-order chi connectivity index (χ0) is 12.1. The lowest BCUT2D eigenvalue weighted by Gasteiger charge is -2.36. The van der Waals surface area contributed by atoms with Crippen molar-refractivity contribution in [1.29, 1.82) is 0 Å². The third kappa shape index (κ3) is 3.69. The highest BCUT2D eigenvalue weighted by Gasteiger charge is 2.16. The van der Waals surface area contributed by atoms with Gasteiger partial charge in [0.2, 0.25) is 0 Å². The summed E-state index contributed by atoms with van der Waals surface area (Å²) in [7, 11) is 1.76. The van der Waals surface area contributed by atoms with Crippen molar-refractivity contribution in [2.24, 2.45) is 0 Å². The summed E-state index contributed by atoms with van der Waals surface area (Å²) < 4.78 is 6.25. The molecule has 1 aliphatic rings. The molecule has 0 bridgehead atoms. The Hall–Kier alpha value is -0.580. The quantitative estimate of drug-likeness (QED) is 0.848. The second kappa shape index (κ2) is 6.38. The largest absolute Gasteiger partial charge is 0.383 e. The fourth-order valence-electron chi connectivity index (χ4n) is 2.10. The fraction of sp³-hybridized carbons (Fsp3) is 0.538. The summed E-state index contributed by atoms with van der Waals surface area (Å²) in [5.41, 5.74) is 1.32. The summed E-state index contributed by atoms with van der Waals surface area (Å²) >= 11 is 3.47. The monoisotopic (exact) mass is 298 g/mol. The maximum absolute atomic E-state index is 5.11. The van der Waals surface area contributed by atoms with E-state index in [4.69, 9.17) is 4.74 Å². The van der Waals surface area contributed by atoms with E-state index in [2.05, 4.69) is 50.0 Å². The van der Waals surface area contributed by atoms with Gasteiger partial charge in [-0.1, -0.05) is 15.9 Å². The lowest BCUT2D eigenvalue weighted by Crippen LogP contribution is -2.47. The van der Waals surface area contributed by atoms with Crippen LogP contribution in [-0.4, -0.2) is 51.3 Å². The molecule has 0 atom stereocenters. The van der Waals surface area contributed by atoms with Gasteiger partial charge < -0.3 is 9.64 Å². The summed E-state index contributed by atoms with van der Waals surface area (Å²) in [5, 5.41) is 0. The molecule has 94 valence electrons. The molecule has 1 aromatic rings. The number of rotatable bonds is 4. The van der Waals surface area contributed by atoms with E-state index in [9.17, 15) is 0 Å². The van der Waals surface area contributed by atoms with Crippen molar-refractivity contribution >= 4 is 21.6 Å². The topological polar surface area (TPSA) is 15.7 Å². The summed E-state index contributed by atoms with van der Waals surface area (Å²) in [4.78, 5) is 4.90. The first kappa shape index (κ1) is 12.9. The van der Waals surface area contributed by atoms with Crippen LogP contribution in [0.1, 0.15) is 0 Å². The fourth-order valence-corrected chi connectivity index (χ4v) is 2.37. The van der Waals surface area contributed by atoms with Gasteiger partial charge in [0.25, 0.3) is 0 Å². The van der Waals surface area contributed by atoms with Gasteiger partial charge in [-0.2, -0.15) is 0 Å². The molecule has 1 aromatic carbocycles. The molecule has 0 amide bonds. The maximum Gasteiger partial charge on any atom is 0.0589 e. The molecule has 1 heterocycles. The van der Waals surface area contributed by atoms with E-state index in [0.29, 0.717) is 0 Å². The minimum atomic E-state index is 0.832. The smallest absolute Gasteiger partial charge is 0.0589 e. The van der Waals surface area contributed by atoms with Gasteiger partial charge in [-0.15, -0.1) is 0 Å². The first-order chi connectivity index (χ1) is 8.29. The lowest BCUT2D eigenvalue weighted by molar-refractivity contribution is 0.144. The minimum Gasteiger partial charge on any atom is -0.383 e. The van der Waals surface area contributed by atoms with Crippen LogP contribution >= 0.6 is 15.9 Å². The van der Waals surface area contributed by atoms with Crippen molar-refractivity contribution in [3.8, 4) is 0 Å². The number of halogens is 1. The van der Waals surface area contributed by atoms with Crippen molar-refractivity contribution < 1.29 is 4.74 Å². The molecule has 1 fully saturated rings. The van der Waals surface area contributed by atoms with Gasteiger partial charge in [-0.3, -0.25) is 4.90 Å². The molecule has 3 nitrogen and oxygen atoms in total. The van der Waals surface area contributed by atoms with Gasteiger partial charge in [-0.05, 0) is 24.3 Å². The highest BCUT2D eigenvalue weighted by molar-refractivity contribution is 9.10. The van der Waals surface area contributed by atoms with Crippen molar-refractivity contribution in [1.82, 2.24) is 4.90 Å². The summed E-state index contributed by atoms with van der Waals surface area (Å²) in [6, 6.07) is 8.56. The van der Waals surface area contributed by atoms with Crippen LogP contribution in [0.15, 0.2) is 28.7 Å². The Labute approximate surface area is 111 Å². The molecule has 0 spiro atoms. The first-order valence-electron chi connectivity index (χ1n) is 6.01. The minimum absolute atomic E-state index is 0.832. The van der Waals surface area contributed by atoms with Gasteiger partial charge in [0, 0.05) is 50.0 Å². The number of nitrogens with zero attached hydrogens (tertiary/aromatic N) is 2. The highest BCUT2D eigenvalue weighted by Crippen LogP contribution is 2.19. The molecule has 2 rings (SSSR count). The molecular formula is C13H19BrN2O. The van der Waals surface area contributed by atoms with E-state index < -0.39 is 0 Å². The van der Waals surface area contributed by atoms with E-state index >= 15 is 0 Å². The normalized spacial score (nSPS) is 17.4. The number of hydrogen-bond acceptors (Lipinski definition) is 3. The Morgan fingerprint density at radius 1 is 1.12 bits per heavy atom. The maximum atomic E-state index is 5.11. The van der Waals surface area contributed by atoms with Crippen LogP contribution in [0, 0.1) is 0 Å². The molecule has 1 aliphatic heterocycles. The molecular weight excluding hydrogens is 280 g/mol. The molecule has 1 saturated heterocycles. The Bertz CT molecular complexity index is 334. The van der Waals surface area contributed by atoms with E-state index in [-0.39, 0.29) is 0 Å². The third-order valence-corrected chi connectivity index (χ3v) is 3.70. The predicted molar refractivity (Wildman–Crippen MR) is 74.7 cm³/mol. The number of methoxy groups -OCH3 is 1. The molecule has 0 unspecified atom stereocenters. The zero-order valence-electron chi connectivity index (χ0n) is 10.2. The number of benzene rings is 1. The Balaban J connectivity index is 1.84. The molecule has 17 heavy (non-hydrogen) atoms. The molecule has 0 radical (unpaired) electrons. The van der Waals surface area contributed by atoms with Crippen LogP contribution in [0.4, 0.5) is 5.69 Å². The molecule has 0 saturated carbocycles. The van der Waals surface area contributed by atoms with Gasteiger partial charge >= 0.3 is 0 Å². The number of piperazine rings is 1. The lowest BCUT2D eigenvalue weighted by atomic mass is 10.2. The van der Waals surface area contributed by atoms with Gasteiger partial charge in [0.15, 0.2) is 0 Å². The van der Waals surface area contributed by atoms with Crippen LogP contribution in [0.5, 0.6) is 0 Å². The van der Waals surface area contributed by atoms with Crippen LogP contribution in [-0.2, 0) is 4.74 Å². The molecule has 4 heteroatoms. The summed E-state index contributed by atoms with van der Waals surface area (Å²) in [6.45, 7) is 6.33. The van der Waals surface area contributed by atoms with E-state index in [1.54, 1.807) is 7.11 Å². The van der Waals surface area contributed by atoms with Crippen LogP contribution in [0.25, 0.3) is 0 Å². The van der Waals surface area contributed by atoms with Gasteiger partial charge in [0.1, 0.15) is 0 Å². The standard InChI is InChI=1S/C13H19BrN2O/c1-17-11-10-15-6-8-16(9-7-15)13-4-2-12(14)3-5-13/h2-5H,6-11H2,1H3. The van der Waals surface area contributed by atoms with Crippen LogP contribution in [0.3, 0.4) is 0 Å². The van der Waals surface area contributed by atoms with Crippen molar-refractivity contribution in [2.45, 2.75) is 0 Å². The molecule has 0 aromatic heterocycles. The van der Waals surface area contributed by atoms with Gasteiger partial charge in [0.05, 0.1) is 6.61 Å². The number of anilines is 1. The van der Waals surface area contributed by atoms with E-state index in [1.165, 1.54) is 5.69 Å². The Morgan fingerprint density at radius 2 is 1.76 bits per heavy atom. The Kier molecular flexibility index (Phi) is 4.83. The Morgan fingerprint density at radius 3 is 2.35 bits per heavy atom. The predicted octanol–water partition coefficient (Wildman–Crippen LogP) is 2.22. The number of ether oxygens (including phenoxy) is 1. The van der Waals surface area contributed by atoms with Crippen molar-refractivity contribution in [3.63, 3.8) is 0 Å².